The molecular formula is C9H17NOSi. The zero-order chi connectivity index (χ0) is 8.81. The van der Waals surface area contributed by atoms with E-state index in [4.69, 9.17) is 9.69 Å². The minimum absolute atomic E-state index is 0.264. The lowest BCUT2D eigenvalue weighted by molar-refractivity contribution is 0.283. The van der Waals surface area contributed by atoms with Gasteiger partial charge in [-0.15, -0.1) is 0 Å². The smallest absolute Gasteiger partial charge is 0.178 e. The van der Waals surface area contributed by atoms with Gasteiger partial charge in [0.05, 0.1) is 6.07 Å². The van der Waals surface area contributed by atoms with Gasteiger partial charge in [-0.3, -0.25) is 0 Å². The molecule has 0 radical (unpaired) electrons. The second kappa shape index (κ2) is 5.34. The summed E-state index contributed by atoms with van der Waals surface area (Å²) in [6, 6.07) is 4.72. The van der Waals surface area contributed by atoms with Crippen molar-refractivity contribution in [2.45, 2.75) is 38.3 Å². The van der Waals surface area contributed by atoms with Crippen LogP contribution in [0.2, 0.25) is 12.1 Å². The van der Waals surface area contributed by atoms with Gasteiger partial charge in [0.1, 0.15) is 0 Å². The molecule has 0 aliphatic carbocycles. The minimum atomic E-state index is -0.942. The third-order valence-electron chi connectivity index (χ3n) is 2.50. The fraction of sp³-hybridized carbons (Fsp3) is 0.889. The van der Waals surface area contributed by atoms with Crippen molar-refractivity contribution in [2.75, 3.05) is 6.61 Å². The highest BCUT2D eigenvalue weighted by molar-refractivity contribution is 6.52. The highest BCUT2D eigenvalue weighted by Gasteiger charge is 2.19. The van der Waals surface area contributed by atoms with Crippen LogP contribution in [0.25, 0.3) is 0 Å². The van der Waals surface area contributed by atoms with Crippen LogP contribution in [0.3, 0.4) is 0 Å². The molecule has 2 nitrogen and oxygen atoms in total. The van der Waals surface area contributed by atoms with Crippen LogP contribution in [-0.2, 0) is 4.43 Å². The van der Waals surface area contributed by atoms with E-state index in [0.717, 1.165) is 19.1 Å². The van der Waals surface area contributed by atoms with Gasteiger partial charge in [0.2, 0.25) is 0 Å². The van der Waals surface area contributed by atoms with E-state index in [-0.39, 0.29) is 5.92 Å². The highest BCUT2D eigenvalue weighted by Crippen LogP contribution is 2.19. The van der Waals surface area contributed by atoms with E-state index < -0.39 is 9.04 Å². The van der Waals surface area contributed by atoms with Crippen LogP contribution in [0.4, 0.5) is 0 Å². The summed E-state index contributed by atoms with van der Waals surface area (Å²) in [6.45, 7) is 3.05. The first-order valence-electron chi connectivity index (χ1n) is 4.88. The Morgan fingerprint density at radius 3 is 2.92 bits per heavy atom. The SMILES string of the molecule is CCC(C#N)C[SiH]1CCCCO1. The second-order valence-corrected chi connectivity index (χ2v) is 6.08. The second-order valence-electron chi connectivity index (χ2n) is 3.46. The van der Waals surface area contributed by atoms with Crippen molar-refractivity contribution < 1.29 is 4.43 Å². The molecule has 0 saturated carbocycles. The summed E-state index contributed by atoms with van der Waals surface area (Å²) in [5.41, 5.74) is 0. The molecule has 0 N–H and O–H groups in total. The molecule has 68 valence electrons. The number of rotatable bonds is 3. The Morgan fingerprint density at radius 1 is 1.58 bits per heavy atom. The van der Waals surface area contributed by atoms with Crippen LogP contribution in [0, 0.1) is 17.2 Å². The minimum Gasteiger partial charge on any atom is -0.420 e. The van der Waals surface area contributed by atoms with Gasteiger partial charge >= 0.3 is 0 Å². The molecule has 3 heteroatoms. The third-order valence-corrected chi connectivity index (χ3v) is 5.35. The summed E-state index contributed by atoms with van der Waals surface area (Å²) < 4.78 is 5.70. The fourth-order valence-electron chi connectivity index (χ4n) is 1.62. The monoisotopic (exact) mass is 183 g/mol. The molecule has 1 fully saturated rings. The molecule has 1 rings (SSSR count). The van der Waals surface area contributed by atoms with E-state index in [0.29, 0.717) is 0 Å². The van der Waals surface area contributed by atoms with Crippen LogP contribution >= 0.6 is 0 Å². The molecule has 0 spiro atoms. The lowest BCUT2D eigenvalue weighted by Gasteiger charge is -2.22. The summed E-state index contributed by atoms with van der Waals surface area (Å²) in [6.07, 6.45) is 3.55. The first kappa shape index (κ1) is 9.75. The van der Waals surface area contributed by atoms with Gasteiger partial charge < -0.3 is 4.43 Å². The standard InChI is InChI=1S/C9H17NOSi/c1-2-9(7-10)8-12-6-4-3-5-11-12/h9,12H,2-6,8H2,1H3. The first-order chi connectivity index (χ1) is 5.86. The predicted molar refractivity (Wildman–Crippen MR) is 51.3 cm³/mol. The molecule has 12 heavy (non-hydrogen) atoms. The van der Waals surface area contributed by atoms with Crippen molar-refractivity contribution in [3.05, 3.63) is 0 Å². The van der Waals surface area contributed by atoms with Gasteiger partial charge in [-0.2, -0.15) is 5.26 Å². The van der Waals surface area contributed by atoms with Crippen molar-refractivity contribution in [3.63, 3.8) is 0 Å². The summed E-state index contributed by atoms with van der Waals surface area (Å²) in [5, 5.41) is 8.77. The topological polar surface area (TPSA) is 33.0 Å². The van der Waals surface area contributed by atoms with Crippen LogP contribution < -0.4 is 0 Å². The Hall–Kier alpha value is -0.333. The molecule has 0 aromatic heterocycles. The summed E-state index contributed by atoms with van der Waals surface area (Å²) >= 11 is 0. The fourth-order valence-corrected chi connectivity index (χ4v) is 4.48. The molecule has 2 atom stereocenters. The van der Waals surface area contributed by atoms with Gasteiger partial charge in [0, 0.05) is 12.5 Å². The Balaban J connectivity index is 2.24. The third kappa shape index (κ3) is 2.96. The Morgan fingerprint density at radius 2 is 2.42 bits per heavy atom. The molecule has 1 aliphatic rings. The maximum absolute atomic E-state index is 8.77. The maximum Gasteiger partial charge on any atom is 0.178 e. The quantitative estimate of drug-likeness (QED) is 0.628. The van der Waals surface area contributed by atoms with Crippen molar-refractivity contribution in [1.29, 1.82) is 5.26 Å². The number of nitriles is 1. The molecule has 1 aliphatic heterocycles. The van der Waals surface area contributed by atoms with Crippen LogP contribution in [0.15, 0.2) is 0 Å². The van der Waals surface area contributed by atoms with Crippen molar-refractivity contribution in [3.8, 4) is 6.07 Å². The van der Waals surface area contributed by atoms with E-state index in [1.54, 1.807) is 0 Å². The number of hydrogen-bond donors (Lipinski definition) is 0. The molecule has 2 unspecified atom stereocenters. The molecule has 0 aromatic carbocycles. The van der Waals surface area contributed by atoms with E-state index in [1.807, 2.05) is 0 Å². The van der Waals surface area contributed by atoms with Crippen LogP contribution in [-0.4, -0.2) is 15.6 Å². The van der Waals surface area contributed by atoms with E-state index >= 15 is 0 Å². The Kier molecular flexibility index (Phi) is 4.34. The zero-order valence-electron chi connectivity index (χ0n) is 7.75. The number of nitrogens with zero attached hydrogens (tertiary/aromatic N) is 1. The van der Waals surface area contributed by atoms with Crippen molar-refractivity contribution in [2.24, 2.45) is 5.92 Å². The molecule has 0 amide bonds. The van der Waals surface area contributed by atoms with E-state index in [1.165, 1.54) is 18.9 Å². The average molecular weight is 183 g/mol. The molecule has 1 heterocycles. The van der Waals surface area contributed by atoms with E-state index in [2.05, 4.69) is 13.0 Å². The first-order valence-corrected chi connectivity index (χ1v) is 6.98. The largest absolute Gasteiger partial charge is 0.420 e. The van der Waals surface area contributed by atoms with E-state index in [9.17, 15) is 0 Å². The average Bonchev–Trinajstić information content (AvgIpc) is 2.16. The van der Waals surface area contributed by atoms with Gasteiger partial charge in [-0.1, -0.05) is 13.3 Å². The molecule has 0 aromatic rings. The van der Waals surface area contributed by atoms with Crippen molar-refractivity contribution >= 4 is 9.04 Å². The maximum atomic E-state index is 8.77. The zero-order valence-corrected chi connectivity index (χ0v) is 8.91. The van der Waals surface area contributed by atoms with Gasteiger partial charge in [-0.05, 0) is 24.9 Å². The normalized spacial score (nSPS) is 26.2. The highest BCUT2D eigenvalue weighted by atomic mass is 28.3. The van der Waals surface area contributed by atoms with Gasteiger partial charge in [0.25, 0.3) is 0 Å². The molecule has 0 bridgehead atoms. The van der Waals surface area contributed by atoms with Crippen molar-refractivity contribution in [1.82, 2.24) is 0 Å². The lowest BCUT2D eigenvalue weighted by atomic mass is 10.1. The van der Waals surface area contributed by atoms with Gasteiger partial charge in [0.15, 0.2) is 9.04 Å². The molecule has 1 saturated heterocycles. The predicted octanol–water partition coefficient (Wildman–Crippen LogP) is 2.07. The van der Waals surface area contributed by atoms with Gasteiger partial charge in [-0.25, -0.2) is 0 Å². The Bertz CT molecular complexity index is 160. The summed E-state index contributed by atoms with van der Waals surface area (Å²) in [7, 11) is -0.942. The van der Waals surface area contributed by atoms with Crippen LogP contribution in [0.1, 0.15) is 26.2 Å². The lowest BCUT2D eigenvalue weighted by Crippen LogP contribution is -2.25. The van der Waals surface area contributed by atoms with Crippen LogP contribution in [0.5, 0.6) is 0 Å². The summed E-state index contributed by atoms with van der Waals surface area (Å²) in [5.74, 6) is 0.264. The molecular weight excluding hydrogens is 166 g/mol. The summed E-state index contributed by atoms with van der Waals surface area (Å²) in [4.78, 5) is 0. The number of hydrogen-bond acceptors (Lipinski definition) is 2. The Labute approximate surface area is 76.3 Å².